The average molecular weight is 485 g/mol. The van der Waals surface area contributed by atoms with Crippen molar-refractivity contribution in [3.8, 4) is 5.75 Å². The lowest BCUT2D eigenvalue weighted by molar-refractivity contribution is -0.119. The monoisotopic (exact) mass is 484 g/mol. The van der Waals surface area contributed by atoms with Gasteiger partial charge in [0, 0.05) is 11.4 Å². The van der Waals surface area contributed by atoms with E-state index < -0.39 is 10.0 Å². The molecular weight excluding hydrogens is 456 g/mol. The molecule has 0 aromatic heterocycles. The van der Waals surface area contributed by atoms with E-state index in [0.29, 0.717) is 18.0 Å². The van der Waals surface area contributed by atoms with Crippen LogP contribution in [0.3, 0.4) is 0 Å². The van der Waals surface area contributed by atoms with E-state index in [2.05, 4.69) is 5.32 Å². The predicted molar refractivity (Wildman–Crippen MR) is 133 cm³/mol. The number of hydrogen-bond acceptors (Lipinski definition) is 5. The number of ether oxygens (including phenoxy) is 1. The molecule has 33 heavy (non-hydrogen) atoms. The third-order valence-corrected chi connectivity index (χ3v) is 7.75. The fourth-order valence-corrected chi connectivity index (χ4v) is 5.53. The summed E-state index contributed by atoms with van der Waals surface area (Å²) in [6, 6.07) is 23.4. The smallest absolute Gasteiger partial charge is 0.264 e. The van der Waals surface area contributed by atoms with Gasteiger partial charge in [0.2, 0.25) is 5.91 Å². The minimum absolute atomic E-state index is 0.112. The Bertz CT molecular complexity index is 1150. The second-order valence-electron chi connectivity index (χ2n) is 7.37. The fraction of sp³-hybridized carbons (Fsp3) is 0.240. The summed E-state index contributed by atoms with van der Waals surface area (Å²) in [5.41, 5.74) is 1.19. The Morgan fingerprint density at radius 1 is 1.00 bits per heavy atom. The van der Waals surface area contributed by atoms with Crippen molar-refractivity contribution >= 4 is 33.4 Å². The predicted octanol–water partition coefficient (Wildman–Crippen LogP) is 4.50. The molecule has 0 atom stereocenters. The van der Waals surface area contributed by atoms with Gasteiger partial charge in [-0.2, -0.15) is 0 Å². The third-order valence-electron chi connectivity index (χ3n) is 4.88. The normalized spacial score (nSPS) is 11.1. The number of anilines is 1. The number of amides is 1. The summed E-state index contributed by atoms with van der Waals surface area (Å²) in [6.45, 7) is 1.98. The van der Waals surface area contributed by atoms with Gasteiger partial charge in [-0.15, -0.1) is 11.8 Å². The van der Waals surface area contributed by atoms with Crippen LogP contribution in [0.1, 0.15) is 12.0 Å². The Hall–Kier alpha value is -2.97. The summed E-state index contributed by atoms with van der Waals surface area (Å²) in [5.74, 6) is 0.858. The minimum Gasteiger partial charge on any atom is -0.495 e. The van der Waals surface area contributed by atoms with Crippen molar-refractivity contribution in [1.29, 1.82) is 0 Å². The SMILES string of the molecule is COc1ccc(C)cc1N(CC(=O)NCCCSc1ccccc1)S(=O)(=O)c1ccccc1. The highest BCUT2D eigenvalue weighted by atomic mass is 32.2. The summed E-state index contributed by atoms with van der Waals surface area (Å²) >= 11 is 1.72. The van der Waals surface area contributed by atoms with Gasteiger partial charge >= 0.3 is 0 Å². The van der Waals surface area contributed by atoms with E-state index in [4.69, 9.17) is 4.74 Å². The molecule has 3 aromatic rings. The lowest BCUT2D eigenvalue weighted by Crippen LogP contribution is -2.41. The molecule has 3 rings (SSSR count). The van der Waals surface area contributed by atoms with Crippen molar-refractivity contribution < 1.29 is 17.9 Å². The number of carbonyl (C=O) groups is 1. The van der Waals surface area contributed by atoms with Gasteiger partial charge in [0.25, 0.3) is 10.0 Å². The maximum Gasteiger partial charge on any atom is 0.264 e. The van der Waals surface area contributed by atoms with Crippen LogP contribution in [0.25, 0.3) is 0 Å². The highest BCUT2D eigenvalue weighted by molar-refractivity contribution is 7.99. The number of thioether (sulfide) groups is 1. The molecular formula is C25H28N2O4S2. The molecule has 0 aliphatic rings. The second kappa shape index (κ2) is 11.8. The highest BCUT2D eigenvalue weighted by Crippen LogP contribution is 2.33. The zero-order valence-corrected chi connectivity index (χ0v) is 20.4. The van der Waals surface area contributed by atoms with Crippen LogP contribution in [0.15, 0.2) is 88.7 Å². The molecule has 1 amide bonds. The summed E-state index contributed by atoms with van der Waals surface area (Å²) < 4.78 is 33.5. The van der Waals surface area contributed by atoms with E-state index in [1.54, 1.807) is 42.1 Å². The first-order chi connectivity index (χ1) is 15.9. The van der Waals surface area contributed by atoms with Crippen LogP contribution in [0, 0.1) is 6.92 Å². The lowest BCUT2D eigenvalue weighted by atomic mass is 10.2. The summed E-state index contributed by atoms with van der Waals surface area (Å²) in [4.78, 5) is 14.0. The summed E-state index contributed by atoms with van der Waals surface area (Å²) in [6.07, 6.45) is 0.768. The number of benzene rings is 3. The molecule has 0 saturated heterocycles. The molecule has 0 radical (unpaired) electrons. The molecule has 0 heterocycles. The van der Waals surface area contributed by atoms with Crippen LogP contribution in [0.2, 0.25) is 0 Å². The number of carbonyl (C=O) groups excluding carboxylic acids is 1. The van der Waals surface area contributed by atoms with Crippen LogP contribution >= 0.6 is 11.8 Å². The number of hydrogen-bond donors (Lipinski definition) is 1. The van der Waals surface area contributed by atoms with Gasteiger partial charge in [0.05, 0.1) is 17.7 Å². The molecule has 0 unspecified atom stereocenters. The Kier molecular flexibility index (Phi) is 8.79. The van der Waals surface area contributed by atoms with E-state index in [-0.39, 0.29) is 17.3 Å². The van der Waals surface area contributed by atoms with Crippen LogP contribution in [-0.4, -0.2) is 40.3 Å². The molecule has 0 bridgehead atoms. The van der Waals surface area contributed by atoms with Crippen molar-refractivity contribution in [1.82, 2.24) is 5.32 Å². The Morgan fingerprint density at radius 3 is 2.33 bits per heavy atom. The number of sulfonamides is 1. The first-order valence-electron chi connectivity index (χ1n) is 10.6. The molecule has 6 nitrogen and oxygen atoms in total. The number of rotatable bonds is 11. The van der Waals surface area contributed by atoms with Gasteiger partial charge in [0.1, 0.15) is 12.3 Å². The molecule has 0 saturated carbocycles. The molecule has 0 spiro atoms. The van der Waals surface area contributed by atoms with Crippen molar-refractivity contribution in [3.05, 3.63) is 84.4 Å². The largest absolute Gasteiger partial charge is 0.495 e. The first-order valence-corrected chi connectivity index (χ1v) is 13.0. The number of aryl methyl sites for hydroxylation is 1. The molecule has 3 aromatic carbocycles. The topological polar surface area (TPSA) is 75.7 Å². The first kappa shape index (κ1) is 24.7. The van der Waals surface area contributed by atoms with Crippen LogP contribution in [-0.2, 0) is 14.8 Å². The Morgan fingerprint density at radius 2 is 1.67 bits per heavy atom. The van der Waals surface area contributed by atoms with Crippen molar-refractivity contribution in [3.63, 3.8) is 0 Å². The van der Waals surface area contributed by atoms with Crippen LogP contribution in [0.5, 0.6) is 5.75 Å². The molecule has 174 valence electrons. The zero-order valence-electron chi connectivity index (χ0n) is 18.7. The Labute approximate surface area is 200 Å². The van der Waals surface area contributed by atoms with E-state index in [9.17, 15) is 13.2 Å². The van der Waals surface area contributed by atoms with E-state index in [1.807, 2.05) is 43.3 Å². The molecule has 1 N–H and O–H groups in total. The van der Waals surface area contributed by atoms with Crippen molar-refractivity contribution in [2.24, 2.45) is 0 Å². The van der Waals surface area contributed by atoms with Crippen molar-refractivity contribution in [2.75, 3.05) is 30.3 Å². The van der Waals surface area contributed by atoms with E-state index in [1.165, 1.54) is 24.1 Å². The molecule has 0 aliphatic heterocycles. The molecule has 0 aliphatic carbocycles. The van der Waals surface area contributed by atoms with Crippen LogP contribution < -0.4 is 14.4 Å². The number of methoxy groups -OCH3 is 1. The summed E-state index contributed by atoms with van der Waals surface area (Å²) in [7, 11) is -2.50. The van der Waals surface area contributed by atoms with Crippen LogP contribution in [0.4, 0.5) is 5.69 Å². The average Bonchev–Trinajstić information content (AvgIpc) is 2.83. The number of nitrogens with one attached hydrogen (secondary N) is 1. The quantitative estimate of drug-likeness (QED) is 0.320. The lowest BCUT2D eigenvalue weighted by Gasteiger charge is -2.26. The van der Waals surface area contributed by atoms with E-state index in [0.717, 1.165) is 22.0 Å². The van der Waals surface area contributed by atoms with Gasteiger partial charge in [-0.25, -0.2) is 8.42 Å². The maximum absolute atomic E-state index is 13.5. The fourth-order valence-electron chi connectivity index (χ4n) is 3.21. The number of nitrogens with zero attached hydrogens (tertiary/aromatic N) is 1. The second-order valence-corrected chi connectivity index (χ2v) is 10.4. The maximum atomic E-state index is 13.5. The zero-order chi connectivity index (χ0) is 23.7. The van der Waals surface area contributed by atoms with Crippen molar-refractivity contribution in [2.45, 2.75) is 23.1 Å². The van der Waals surface area contributed by atoms with Gasteiger partial charge in [-0.3, -0.25) is 9.10 Å². The van der Waals surface area contributed by atoms with Gasteiger partial charge in [-0.05, 0) is 61.1 Å². The minimum atomic E-state index is -3.98. The standard InChI is InChI=1S/C25H28N2O4S2/c1-20-14-15-24(31-2)23(18-20)27(33(29,30)22-12-7-4-8-13-22)19-25(28)26-16-9-17-32-21-10-5-3-6-11-21/h3-8,10-15,18H,9,16-17,19H2,1-2H3,(H,26,28). The van der Waals surface area contributed by atoms with Gasteiger partial charge in [-0.1, -0.05) is 42.5 Å². The van der Waals surface area contributed by atoms with Gasteiger partial charge < -0.3 is 10.1 Å². The Balaban J connectivity index is 1.72. The highest BCUT2D eigenvalue weighted by Gasteiger charge is 2.29. The molecule has 0 fully saturated rings. The molecule has 8 heteroatoms. The van der Waals surface area contributed by atoms with E-state index >= 15 is 0 Å². The summed E-state index contributed by atoms with van der Waals surface area (Å²) in [5, 5.41) is 2.85. The van der Waals surface area contributed by atoms with Gasteiger partial charge in [0.15, 0.2) is 0 Å². The third kappa shape index (κ3) is 6.76.